The summed E-state index contributed by atoms with van der Waals surface area (Å²) >= 11 is 5.66. The molecule has 0 saturated carbocycles. The Hall–Kier alpha value is -1.59. The molecule has 3 rings (SSSR count). The van der Waals surface area contributed by atoms with Gasteiger partial charge in [0.1, 0.15) is 5.82 Å². The van der Waals surface area contributed by atoms with Crippen molar-refractivity contribution in [1.82, 2.24) is 5.32 Å². The van der Waals surface area contributed by atoms with Gasteiger partial charge in [-0.3, -0.25) is 0 Å². The van der Waals surface area contributed by atoms with Gasteiger partial charge in [-0.2, -0.15) is 13.2 Å². The maximum atomic E-state index is 13.7. The molecule has 0 aromatic heterocycles. The van der Waals surface area contributed by atoms with Crippen molar-refractivity contribution < 1.29 is 17.6 Å². The minimum atomic E-state index is -4.44. The van der Waals surface area contributed by atoms with Crippen molar-refractivity contribution in [3.8, 4) is 11.1 Å². The predicted molar refractivity (Wildman–Crippen MR) is 86.7 cm³/mol. The molecule has 0 spiro atoms. The van der Waals surface area contributed by atoms with E-state index in [4.69, 9.17) is 11.6 Å². The van der Waals surface area contributed by atoms with Gasteiger partial charge in [0.15, 0.2) is 0 Å². The van der Waals surface area contributed by atoms with Crippen LogP contribution in [0.2, 0.25) is 5.02 Å². The summed E-state index contributed by atoms with van der Waals surface area (Å²) in [6.45, 7) is 1.57. The van der Waals surface area contributed by atoms with Crippen LogP contribution in [0.1, 0.15) is 29.9 Å². The number of benzene rings is 2. The fraction of sp³-hybridized carbons (Fsp3) is 0.333. The lowest BCUT2D eigenvalue weighted by Crippen LogP contribution is -2.26. The number of alkyl halides is 3. The summed E-state index contributed by atoms with van der Waals surface area (Å²) in [4.78, 5) is 0. The largest absolute Gasteiger partial charge is 0.416 e. The number of hydrogen-bond acceptors (Lipinski definition) is 1. The van der Waals surface area contributed by atoms with Crippen molar-refractivity contribution in [3.63, 3.8) is 0 Å². The van der Waals surface area contributed by atoms with Gasteiger partial charge in [-0.25, -0.2) is 4.39 Å². The molecule has 0 amide bonds. The Bertz CT molecular complexity index is 736. The Morgan fingerprint density at radius 2 is 1.67 bits per heavy atom. The standard InChI is InChI=1S/C18H16ClF4N/c19-16-2-1-12(10-17(16)20)14-7-13(11-3-5-24-6-4-11)8-15(9-14)18(21,22)23/h1-2,7-11,24H,3-6H2. The molecule has 24 heavy (non-hydrogen) atoms. The minimum Gasteiger partial charge on any atom is -0.317 e. The molecule has 2 aromatic rings. The summed E-state index contributed by atoms with van der Waals surface area (Å²) in [6.07, 6.45) is -2.87. The fourth-order valence-corrected chi connectivity index (χ4v) is 3.17. The van der Waals surface area contributed by atoms with Crippen LogP contribution in [0, 0.1) is 5.82 Å². The molecule has 128 valence electrons. The van der Waals surface area contributed by atoms with E-state index in [2.05, 4.69) is 5.32 Å². The summed E-state index contributed by atoms with van der Waals surface area (Å²) in [5.74, 6) is -0.570. The molecule has 1 aliphatic rings. The van der Waals surface area contributed by atoms with Crippen LogP contribution in [-0.4, -0.2) is 13.1 Å². The molecule has 2 aromatic carbocycles. The molecule has 1 fully saturated rings. The van der Waals surface area contributed by atoms with Gasteiger partial charge >= 0.3 is 6.18 Å². The summed E-state index contributed by atoms with van der Waals surface area (Å²) < 4.78 is 53.5. The highest BCUT2D eigenvalue weighted by Gasteiger charge is 2.32. The van der Waals surface area contributed by atoms with E-state index in [9.17, 15) is 17.6 Å². The Morgan fingerprint density at radius 1 is 0.958 bits per heavy atom. The first-order chi connectivity index (χ1) is 11.3. The molecule has 1 saturated heterocycles. The highest BCUT2D eigenvalue weighted by atomic mass is 35.5. The molecule has 1 nitrogen and oxygen atoms in total. The van der Waals surface area contributed by atoms with Crippen molar-refractivity contribution in [1.29, 1.82) is 0 Å². The van der Waals surface area contributed by atoms with E-state index in [1.807, 2.05) is 0 Å². The first-order valence-corrected chi connectivity index (χ1v) is 8.11. The van der Waals surface area contributed by atoms with Gasteiger partial charge in [-0.15, -0.1) is 0 Å². The van der Waals surface area contributed by atoms with Crippen molar-refractivity contribution >= 4 is 11.6 Å². The third-order valence-electron chi connectivity index (χ3n) is 4.35. The second-order valence-electron chi connectivity index (χ2n) is 5.99. The number of nitrogens with one attached hydrogen (secondary N) is 1. The SMILES string of the molecule is Fc1cc(-c2cc(C3CCNCC3)cc(C(F)(F)F)c2)ccc1Cl. The molecular formula is C18H16ClF4N. The third kappa shape index (κ3) is 3.73. The molecule has 0 atom stereocenters. The lowest BCUT2D eigenvalue weighted by Gasteiger charge is -2.24. The van der Waals surface area contributed by atoms with Gasteiger partial charge in [0, 0.05) is 0 Å². The van der Waals surface area contributed by atoms with E-state index in [0.29, 0.717) is 16.7 Å². The zero-order valence-electron chi connectivity index (χ0n) is 12.8. The Morgan fingerprint density at radius 3 is 2.29 bits per heavy atom. The van der Waals surface area contributed by atoms with Crippen LogP contribution >= 0.6 is 11.6 Å². The van der Waals surface area contributed by atoms with Crippen LogP contribution in [0.5, 0.6) is 0 Å². The highest BCUT2D eigenvalue weighted by molar-refractivity contribution is 6.30. The Labute approximate surface area is 142 Å². The summed E-state index contributed by atoms with van der Waals surface area (Å²) in [5, 5.41) is 3.15. The summed E-state index contributed by atoms with van der Waals surface area (Å²) in [7, 11) is 0. The fourth-order valence-electron chi connectivity index (χ4n) is 3.05. The van der Waals surface area contributed by atoms with Gasteiger partial charge in [-0.1, -0.05) is 23.7 Å². The molecule has 0 unspecified atom stereocenters. The summed E-state index contributed by atoms with van der Waals surface area (Å²) in [5.41, 5.74) is 0.688. The lowest BCUT2D eigenvalue weighted by atomic mass is 9.87. The zero-order valence-corrected chi connectivity index (χ0v) is 13.5. The van der Waals surface area contributed by atoms with E-state index in [-0.39, 0.29) is 10.9 Å². The van der Waals surface area contributed by atoms with Crippen LogP contribution in [0.3, 0.4) is 0 Å². The molecule has 1 heterocycles. The maximum Gasteiger partial charge on any atom is 0.416 e. The number of rotatable bonds is 2. The molecule has 1 N–H and O–H groups in total. The van der Waals surface area contributed by atoms with Gasteiger partial charge in [0.2, 0.25) is 0 Å². The minimum absolute atomic E-state index is 0.0516. The Kier molecular flexibility index (Phi) is 4.83. The summed E-state index contributed by atoms with van der Waals surface area (Å²) in [6, 6.07) is 8.07. The topological polar surface area (TPSA) is 12.0 Å². The molecule has 0 aliphatic carbocycles. The van der Waals surface area contributed by atoms with E-state index in [1.54, 1.807) is 6.07 Å². The monoisotopic (exact) mass is 357 g/mol. The molecule has 0 bridgehead atoms. The van der Waals surface area contributed by atoms with Crippen molar-refractivity contribution in [3.05, 3.63) is 58.4 Å². The molecule has 1 aliphatic heterocycles. The van der Waals surface area contributed by atoms with E-state index >= 15 is 0 Å². The van der Waals surface area contributed by atoms with E-state index in [0.717, 1.165) is 32.0 Å². The average Bonchev–Trinajstić information content (AvgIpc) is 2.57. The van der Waals surface area contributed by atoms with Crippen LogP contribution in [0.15, 0.2) is 36.4 Å². The van der Waals surface area contributed by atoms with Gasteiger partial charge in [0.05, 0.1) is 10.6 Å². The van der Waals surface area contributed by atoms with Crippen molar-refractivity contribution in [2.45, 2.75) is 24.9 Å². The average molecular weight is 358 g/mol. The first kappa shape index (κ1) is 17.2. The van der Waals surface area contributed by atoms with Gasteiger partial charge in [0.25, 0.3) is 0 Å². The van der Waals surface area contributed by atoms with E-state index in [1.165, 1.54) is 24.3 Å². The maximum absolute atomic E-state index is 13.7. The lowest BCUT2D eigenvalue weighted by molar-refractivity contribution is -0.137. The Balaban J connectivity index is 2.08. The van der Waals surface area contributed by atoms with Gasteiger partial charge in [-0.05, 0) is 72.8 Å². The number of hydrogen-bond donors (Lipinski definition) is 1. The van der Waals surface area contributed by atoms with Crippen LogP contribution in [0.25, 0.3) is 11.1 Å². The number of halogens is 5. The highest BCUT2D eigenvalue weighted by Crippen LogP contribution is 2.37. The van der Waals surface area contributed by atoms with E-state index < -0.39 is 17.6 Å². The normalized spacial score (nSPS) is 16.4. The van der Waals surface area contributed by atoms with Crippen LogP contribution < -0.4 is 5.32 Å². The van der Waals surface area contributed by atoms with Crippen LogP contribution in [-0.2, 0) is 6.18 Å². The first-order valence-electron chi connectivity index (χ1n) is 7.73. The van der Waals surface area contributed by atoms with Gasteiger partial charge < -0.3 is 5.32 Å². The second-order valence-corrected chi connectivity index (χ2v) is 6.40. The van der Waals surface area contributed by atoms with Crippen LogP contribution in [0.4, 0.5) is 17.6 Å². The van der Waals surface area contributed by atoms with Crippen molar-refractivity contribution in [2.75, 3.05) is 13.1 Å². The quantitative estimate of drug-likeness (QED) is 0.687. The third-order valence-corrected chi connectivity index (χ3v) is 4.65. The smallest absolute Gasteiger partial charge is 0.317 e. The molecular weight excluding hydrogens is 342 g/mol. The number of piperidine rings is 1. The molecule has 6 heteroatoms. The second kappa shape index (κ2) is 6.73. The molecule has 0 radical (unpaired) electrons. The van der Waals surface area contributed by atoms with Crippen molar-refractivity contribution in [2.24, 2.45) is 0 Å². The zero-order chi connectivity index (χ0) is 17.3. The predicted octanol–water partition coefficient (Wildman–Crippen LogP) is 5.63.